The number of aliphatic hydroxyl groups is 2. The standard InChI is InChI=1S/C24H23N3O5/c1-15-20(16-7-4-3-5-8-16)26-31-21(15)23-25-22(27-32-23)17-10-12-18(13-11-17)24(2,30)19(29)9-6-14-28/h3-5,7-8,10-13,28,30H,6,9,14H2,1-2H3. The lowest BCUT2D eigenvalue weighted by Crippen LogP contribution is -2.32. The van der Waals surface area contributed by atoms with E-state index in [1.807, 2.05) is 37.3 Å². The van der Waals surface area contributed by atoms with Crippen LogP contribution in [-0.4, -0.2) is 37.9 Å². The van der Waals surface area contributed by atoms with Gasteiger partial charge in [-0.3, -0.25) is 4.79 Å². The summed E-state index contributed by atoms with van der Waals surface area (Å²) in [5, 5.41) is 27.7. The van der Waals surface area contributed by atoms with Gasteiger partial charge in [-0.1, -0.05) is 64.9 Å². The van der Waals surface area contributed by atoms with E-state index in [9.17, 15) is 9.90 Å². The van der Waals surface area contributed by atoms with Gasteiger partial charge in [-0.15, -0.1) is 0 Å². The minimum absolute atomic E-state index is 0.0982. The molecule has 2 aromatic carbocycles. The zero-order valence-corrected chi connectivity index (χ0v) is 17.8. The van der Waals surface area contributed by atoms with Crippen LogP contribution in [-0.2, 0) is 10.4 Å². The lowest BCUT2D eigenvalue weighted by molar-refractivity contribution is -0.136. The second-order valence-electron chi connectivity index (χ2n) is 7.67. The molecule has 0 aliphatic heterocycles. The fourth-order valence-electron chi connectivity index (χ4n) is 3.42. The lowest BCUT2D eigenvalue weighted by atomic mass is 9.88. The Balaban J connectivity index is 1.56. The van der Waals surface area contributed by atoms with Crippen molar-refractivity contribution in [1.82, 2.24) is 15.3 Å². The third kappa shape index (κ3) is 4.10. The van der Waals surface area contributed by atoms with Crippen molar-refractivity contribution >= 4 is 5.78 Å². The maximum absolute atomic E-state index is 12.3. The molecule has 0 spiro atoms. The average molecular weight is 433 g/mol. The van der Waals surface area contributed by atoms with Gasteiger partial charge in [0.15, 0.2) is 5.78 Å². The van der Waals surface area contributed by atoms with E-state index in [-0.39, 0.29) is 24.7 Å². The van der Waals surface area contributed by atoms with Crippen molar-refractivity contribution in [2.45, 2.75) is 32.3 Å². The largest absolute Gasteiger partial charge is 0.396 e. The molecule has 0 amide bonds. The number of aromatic nitrogens is 3. The van der Waals surface area contributed by atoms with Gasteiger partial charge in [0.05, 0.1) is 0 Å². The Morgan fingerprint density at radius 1 is 1.00 bits per heavy atom. The van der Waals surface area contributed by atoms with Gasteiger partial charge in [-0.2, -0.15) is 4.98 Å². The summed E-state index contributed by atoms with van der Waals surface area (Å²) in [6.45, 7) is 3.23. The van der Waals surface area contributed by atoms with Crippen LogP contribution >= 0.6 is 0 Å². The first kappa shape index (κ1) is 21.6. The van der Waals surface area contributed by atoms with Gasteiger partial charge < -0.3 is 19.3 Å². The molecule has 0 saturated carbocycles. The summed E-state index contributed by atoms with van der Waals surface area (Å²) in [7, 11) is 0. The van der Waals surface area contributed by atoms with E-state index in [0.717, 1.165) is 11.1 Å². The number of ketones is 1. The van der Waals surface area contributed by atoms with Gasteiger partial charge in [0.1, 0.15) is 11.3 Å². The highest BCUT2D eigenvalue weighted by Gasteiger charge is 2.31. The summed E-state index contributed by atoms with van der Waals surface area (Å²) < 4.78 is 10.9. The highest BCUT2D eigenvalue weighted by atomic mass is 16.5. The Morgan fingerprint density at radius 2 is 1.72 bits per heavy atom. The quantitative estimate of drug-likeness (QED) is 0.429. The van der Waals surface area contributed by atoms with Crippen molar-refractivity contribution in [2.75, 3.05) is 6.61 Å². The molecule has 4 aromatic rings. The average Bonchev–Trinajstić information content (AvgIpc) is 3.45. The normalized spacial score (nSPS) is 13.1. The highest BCUT2D eigenvalue weighted by molar-refractivity contribution is 5.88. The fourth-order valence-corrected chi connectivity index (χ4v) is 3.42. The lowest BCUT2D eigenvalue weighted by Gasteiger charge is -2.22. The van der Waals surface area contributed by atoms with E-state index in [2.05, 4.69) is 15.3 Å². The summed E-state index contributed by atoms with van der Waals surface area (Å²) in [5.74, 6) is 0.602. The molecule has 1 unspecified atom stereocenters. The molecule has 0 aliphatic carbocycles. The molecule has 8 nitrogen and oxygen atoms in total. The second kappa shape index (κ2) is 8.86. The van der Waals surface area contributed by atoms with Crippen LogP contribution < -0.4 is 0 Å². The van der Waals surface area contributed by atoms with E-state index >= 15 is 0 Å². The van der Waals surface area contributed by atoms with Crippen LogP contribution in [0.2, 0.25) is 0 Å². The fraction of sp³-hybridized carbons (Fsp3) is 0.250. The van der Waals surface area contributed by atoms with Crippen molar-refractivity contribution < 1.29 is 24.1 Å². The number of hydrogen-bond acceptors (Lipinski definition) is 8. The number of Topliss-reactive ketones (excluding diaryl/α,β-unsaturated/α-hetero) is 1. The smallest absolute Gasteiger partial charge is 0.297 e. The van der Waals surface area contributed by atoms with E-state index < -0.39 is 5.60 Å². The summed E-state index contributed by atoms with van der Waals surface area (Å²) >= 11 is 0. The third-order valence-corrected chi connectivity index (χ3v) is 5.40. The van der Waals surface area contributed by atoms with Crippen molar-refractivity contribution in [1.29, 1.82) is 0 Å². The first-order valence-electron chi connectivity index (χ1n) is 10.2. The molecule has 0 aliphatic rings. The van der Waals surface area contributed by atoms with E-state index in [0.29, 0.717) is 34.8 Å². The Labute approximate surface area is 184 Å². The maximum Gasteiger partial charge on any atom is 0.297 e. The summed E-state index contributed by atoms with van der Waals surface area (Å²) in [4.78, 5) is 16.7. The molecule has 8 heteroatoms. The number of benzene rings is 2. The first-order chi connectivity index (χ1) is 15.4. The van der Waals surface area contributed by atoms with Crippen LogP contribution in [0, 0.1) is 6.92 Å². The Kier molecular flexibility index (Phi) is 5.98. The van der Waals surface area contributed by atoms with Crippen molar-refractivity contribution in [2.24, 2.45) is 0 Å². The van der Waals surface area contributed by atoms with Crippen molar-refractivity contribution in [3.63, 3.8) is 0 Å². The molecule has 4 rings (SSSR count). The zero-order chi connectivity index (χ0) is 22.7. The molecular formula is C24H23N3O5. The van der Waals surface area contributed by atoms with Crippen LogP contribution in [0.15, 0.2) is 63.6 Å². The minimum Gasteiger partial charge on any atom is -0.396 e. The van der Waals surface area contributed by atoms with Crippen LogP contribution in [0.5, 0.6) is 0 Å². The molecule has 0 fully saturated rings. The molecule has 32 heavy (non-hydrogen) atoms. The SMILES string of the molecule is Cc1c(-c2ccccc2)noc1-c1nc(-c2ccc(C(C)(O)C(=O)CCCO)cc2)no1. The number of nitrogens with zero attached hydrogens (tertiary/aromatic N) is 3. The number of carbonyl (C=O) groups excluding carboxylic acids is 1. The molecule has 2 N–H and O–H groups in total. The van der Waals surface area contributed by atoms with Gasteiger partial charge in [0, 0.05) is 29.7 Å². The summed E-state index contributed by atoms with van der Waals surface area (Å²) in [6.07, 6.45) is 0.409. The maximum atomic E-state index is 12.3. The molecule has 0 radical (unpaired) electrons. The number of aliphatic hydroxyl groups excluding tert-OH is 1. The monoisotopic (exact) mass is 433 g/mol. The third-order valence-electron chi connectivity index (χ3n) is 5.40. The zero-order valence-electron chi connectivity index (χ0n) is 17.8. The predicted octanol–water partition coefficient (Wildman–Crippen LogP) is 3.92. The Bertz CT molecular complexity index is 1210. The van der Waals surface area contributed by atoms with Crippen LogP contribution in [0.1, 0.15) is 30.9 Å². The van der Waals surface area contributed by atoms with Gasteiger partial charge in [-0.05, 0) is 25.8 Å². The van der Waals surface area contributed by atoms with Gasteiger partial charge in [0.25, 0.3) is 5.89 Å². The first-order valence-corrected chi connectivity index (χ1v) is 10.2. The minimum atomic E-state index is -1.64. The molecule has 0 saturated heterocycles. The Morgan fingerprint density at radius 3 is 2.41 bits per heavy atom. The van der Waals surface area contributed by atoms with Crippen LogP contribution in [0.4, 0.5) is 0 Å². The predicted molar refractivity (Wildman–Crippen MR) is 116 cm³/mol. The summed E-state index contributed by atoms with van der Waals surface area (Å²) in [5.41, 5.74) is 1.89. The number of carbonyl (C=O) groups is 1. The molecule has 2 heterocycles. The van der Waals surface area contributed by atoms with Gasteiger partial charge >= 0.3 is 0 Å². The Hall–Kier alpha value is -3.62. The molecule has 1 atom stereocenters. The second-order valence-corrected chi connectivity index (χ2v) is 7.67. The molecule has 0 bridgehead atoms. The molecule has 2 aromatic heterocycles. The number of hydrogen-bond donors (Lipinski definition) is 2. The molecule has 164 valence electrons. The van der Waals surface area contributed by atoms with Crippen molar-refractivity contribution in [3.05, 3.63) is 65.7 Å². The van der Waals surface area contributed by atoms with E-state index in [4.69, 9.17) is 14.2 Å². The van der Waals surface area contributed by atoms with Gasteiger partial charge in [-0.25, -0.2) is 0 Å². The number of rotatable bonds is 8. The summed E-state index contributed by atoms with van der Waals surface area (Å²) in [6, 6.07) is 16.4. The topological polar surface area (TPSA) is 122 Å². The van der Waals surface area contributed by atoms with Crippen LogP contribution in [0.3, 0.4) is 0 Å². The van der Waals surface area contributed by atoms with E-state index in [1.165, 1.54) is 6.92 Å². The van der Waals surface area contributed by atoms with Gasteiger partial charge in [0.2, 0.25) is 11.6 Å². The van der Waals surface area contributed by atoms with E-state index in [1.54, 1.807) is 24.3 Å². The highest BCUT2D eigenvalue weighted by Crippen LogP contribution is 2.32. The van der Waals surface area contributed by atoms with Crippen molar-refractivity contribution in [3.8, 4) is 34.3 Å². The molecular weight excluding hydrogens is 410 g/mol. The van der Waals surface area contributed by atoms with Crippen LogP contribution in [0.25, 0.3) is 34.3 Å².